The van der Waals surface area contributed by atoms with E-state index in [9.17, 15) is 4.79 Å². The summed E-state index contributed by atoms with van der Waals surface area (Å²) < 4.78 is 0. The molecule has 2 rings (SSSR count). The third kappa shape index (κ3) is 5.65. The lowest BCUT2D eigenvalue weighted by Gasteiger charge is -2.32. The Morgan fingerprint density at radius 2 is 1.95 bits per heavy atom. The van der Waals surface area contributed by atoms with Crippen molar-refractivity contribution in [3.05, 3.63) is 35.4 Å². The Hall–Kier alpha value is -1.00. The van der Waals surface area contributed by atoms with Gasteiger partial charge >= 0.3 is 0 Å². The number of carbonyl (C=O) groups is 1. The maximum atomic E-state index is 12.3. The molecular formula is C18H28N2OS. The quantitative estimate of drug-likeness (QED) is 0.838. The maximum absolute atomic E-state index is 12.3. The van der Waals surface area contributed by atoms with Crippen LogP contribution in [0.5, 0.6) is 0 Å². The molecule has 1 heterocycles. The van der Waals surface area contributed by atoms with Crippen molar-refractivity contribution in [1.82, 2.24) is 10.2 Å². The normalized spacial score (nSPS) is 16.0. The Morgan fingerprint density at radius 1 is 1.27 bits per heavy atom. The highest BCUT2D eigenvalue weighted by Gasteiger charge is 2.22. The predicted octanol–water partition coefficient (Wildman–Crippen LogP) is 3.08. The van der Waals surface area contributed by atoms with Crippen molar-refractivity contribution < 1.29 is 4.79 Å². The molecule has 0 atom stereocenters. The summed E-state index contributed by atoms with van der Waals surface area (Å²) in [7, 11) is 2.00. The van der Waals surface area contributed by atoms with Gasteiger partial charge in [-0.2, -0.15) is 0 Å². The van der Waals surface area contributed by atoms with Crippen LogP contribution in [-0.4, -0.2) is 43.2 Å². The average molecular weight is 321 g/mol. The lowest BCUT2D eigenvalue weighted by Crippen LogP contribution is -2.39. The first kappa shape index (κ1) is 17.4. The summed E-state index contributed by atoms with van der Waals surface area (Å²) in [5.41, 5.74) is 2.58. The Balaban J connectivity index is 1.64. The molecule has 22 heavy (non-hydrogen) atoms. The van der Waals surface area contributed by atoms with Gasteiger partial charge in [0.15, 0.2) is 0 Å². The summed E-state index contributed by atoms with van der Waals surface area (Å²) in [5, 5.41) is 3.21. The highest BCUT2D eigenvalue weighted by atomic mass is 32.2. The molecule has 0 spiro atoms. The van der Waals surface area contributed by atoms with Crippen molar-refractivity contribution in [2.75, 3.05) is 32.4 Å². The first-order valence-corrected chi connectivity index (χ1v) is 9.40. The molecule has 1 aliphatic rings. The Kier molecular flexibility index (Phi) is 7.26. The number of nitrogens with zero attached hydrogens (tertiary/aromatic N) is 1. The van der Waals surface area contributed by atoms with Gasteiger partial charge in [0.2, 0.25) is 5.91 Å². The van der Waals surface area contributed by atoms with Gasteiger partial charge < -0.3 is 10.2 Å². The molecule has 1 aromatic carbocycles. The van der Waals surface area contributed by atoms with E-state index in [1.807, 2.05) is 7.05 Å². The second-order valence-electron chi connectivity index (χ2n) is 6.19. The summed E-state index contributed by atoms with van der Waals surface area (Å²) in [4.78, 5) is 14.3. The number of carbonyl (C=O) groups excluding carboxylic acids is 1. The minimum absolute atomic E-state index is 0.309. The fraction of sp³-hybridized carbons (Fsp3) is 0.611. The highest BCUT2D eigenvalue weighted by molar-refractivity contribution is 7.99. The van der Waals surface area contributed by atoms with Gasteiger partial charge in [-0.15, -0.1) is 11.8 Å². The lowest BCUT2D eigenvalue weighted by atomic mass is 9.93. The van der Waals surface area contributed by atoms with Crippen LogP contribution in [0.15, 0.2) is 24.3 Å². The van der Waals surface area contributed by atoms with Gasteiger partial charge in [0.25, 0.3) is 0 Å². The molecular weight excluding hydrogens is 292 g/mol. The predicted molar refractivity (Wildman–Crippen MR) is 95.2 cm³/mol. The number of hydrogen-bond acceptors (Lipinski definition) is 3. The molecule has 1 amide bonds. The summed E-state index contributed by atoms with van der Waals surface area (Å²) in [6.07, 6.45) is 3.56. The van der Waals surface area contributed by atoms with Crippen LogP contribution in [0.1, 0.15) is 30.4 Å². The zero-order valence-corrected chi connectivity index (χ0v) is 14.6. The van der Waals surface area contributed by atoms with Crippen LogP contribution in [0.25, 0.3) is 0 Å². The number of thioether (sulfide) groups is 1. The number of likely N-dealkylation sites (tertiary alicyclic amines) is 1. The minimum Gasteiger partial charge on any atom is -0.342 e. The molecule has 1 saturated heterocycles. The fourth-order valence-electron chi connectivity index (χ4n) is 2.85. The van der Waals surface area contributed by atoms with Crippen molar-refractivity contribution in [2.24, 2.45) is 5.92 Å². The molecule has 3 nitrogen and oxygen atoms in total. The topological polar surface area (TPSA) is 32.3 Å². The molecule has 0 saturated carbocycles. The molecule has 1 N–H and O–H groups in total. The van der Waals surface area contributed by atoms with Crippen LogP contribution in [-0.2, 0) is 10.5 Å². The molecule has 0 aliphatic carbocycles. The Labute approximate surface area is 138 Å². The summed E-state index contributed by atoms with van der Waals surface area (Å²) in [6.45, 7) is 5.07. The third-order valence-corrected chi connectivity index (χ3v) is 5.37. The average Bonchev–Trinajstić information content (AvgIpc) is 2.55. The number of hydrogen-bond donors (Lipinski definition) is 1. The molecule has 0 radical (unpaired) electrons. The van der Waals surface area contributed by atoms with E-state index in [4.69, 9.17) is 0 Å². The fourth-order valence-corrected chi connectivity index (χ4v) is 3.74. The summed E-state index contributed by atoms with van der Waals surface area (Å²) in [6, 6.07) is 8.57. The van der Waals surface area contributed by atoms with Crippen molar-refractivity contribution in [2.45, 2.75) is 31.9 Å². The largest absolute Gasteiger partial charge is 0.342 e. The van der Waals surface area contributed by atoms with Crippen LogP contribution in [0.2, 0.25) is 0 Å². The second kappa shape index (κ2) is 9.21. The number of rotatable bonds is 7. The standard InChI is InChI=1S/C18H28N2OS/c1-15-3-5-17(6-4-15)13-22-14-18(21)20-11-8-16(9-12-20)7-10-19-2/h3-6,16,19H,7-14H2,1-2H3. The third-order valence-electron chi connectivity index (χ3n) is 4.38. The molecule has 0 bridgehead atoms. The maximum Gasteiger partial charge on any atom is 0.232 e. The molecule has 122 valence electrons. The van der Waals surface area contributed by atoms with E-state index in [1.165, 1.54) is 17.5 Å². The van der Waals surface area contributed by atoms with Crippen molar-refractivity contribution in [3.63, 3.8) is 0 Å². The molecule has 0 unspecified atom stereocenters. The van der Waals surface area contributed by atoms with Gasteiger partial charge in [0.1, 0.15) is 0 Å². The summed E-state index contributed by atoms with van der Waals surface area (Å²) >= 11 is 1.73. The number of amides is 1. The van der Waals surface area contributed by atoms with Gasteiger partial charge in [-0.3, -0.25) is 4.79 Å². The van der Waals surface area contributed by atoms with Gasteiger partial charge in [-0.25, -0.2) is 0 Å². The Bertz CT molecular complexity index is 453. The summed E-state index contributed by atoms with van der Waals surface area (Å²) in [5.74, 6) is 2.63. The van der Waals surface area contributed by atoms with Crippen molar-refractivity contribution >= 4 is 17.7 Å². The number of piperidine rings is 1. The monoisotopic (exact) mass is 320 g/mol. The second-order valence-corrected chi connectivity index (χ2v) is 7.18. The van der Waals surface area contributed by atoms with Crippen LogP contribution in [0.4, 0.5) is 0 Å². The van der Waals surface area contributed by atoms with Crippen LogP contribution >= 0.6 is 11.8 Å². The van der Waals surface area contributed by atoms with Crippen molar-refractivity contribution in [3.8, 4) is 0 Å². The zero-order chi connectivity index (χ0) is 15.8. The molecule has 0 aromatic heterocycles. The van der Waals surface area contributed by atoms with E-state index >= 15 is 0 Å². The van der Waals surface area contributed by atoms with Gasteiger partial charge in [-0.05, 0) is 51.3 Å². The van der Waals surface area contributed by atoms with E-state index in [1.54, 1.807) is 11.8 Å². The Morgan fingerprint density at radius 3 is 2.59 bits per heavy atom. The molecule has 1 aliphatic heterocycles. The SMILES string of the molecule is CNCCC1CCN(C(=O)CSCc2ccc(C)cc2)CC1. The lowest BCUT2D eigenvalue weighted by molar-refractivity contribution is -0.129. The van der Waals surface area contributed by atoms with Gasteiger partial charge in [0, 0.05) is 18.8 Å². The van der Waals surface area contributed by atoms with E-state index in [-0.39, 0.29) is 0 Å². The van der Waals surface area contributed by atoms with E-state index in [0.717, 1.165) is 44.1 Å². The van der Waals surface area contributed by atoms with Crippen LogP contribution in [0, 0.1) is 12.8 Å². The smallest absolute Gasteiger partial charge is 0.232 e. The molecule has 1 fully saturated rings. The van der Waals surface area contributed by atoms with E-state index in [2.05, 4.69) is 41.4 Å². The van der Waals surface area contributed by atoms with E-state index < -0.39 is 0 Å². The highest BCUT2D eigenvalue weighted by Crippen LogP contribution is 2.21. The van der Waals surface area contributed by atoms with Crippen LogP contribution in [0.3, 0.4) is 0 Å². The zero-order valence-electron chi connectivity index (χ0n) is 13.8. The minimum atomic E-state index is 0.309. The number of benzene rings is 1. The van der Waals surface area contributed by atoms with Gasteiger partial charge in [-0.1, -0.05) is 29.8 Å². The first-order valence-electron chi connectivity index (χ1n) is 8.24. The van der Waals surface area contributed by atoms with Crippen LogP contribution < -0.4 is 5.32 Å². The van der Waals surface area contributed by atoms with E-state index in [0.29, 0.717) is 11.7 Å². The molecule has 1 aromatic rings. The number of aryl methyl sites for hydroxylation is 1. The first-order chi connectivity index (χ1) is 10.7. The van der Waals surface area contributed by atoms with Crippen molar-refractivity contribution in [1.29, 1.82) is 0 Å². The molecule has 4 heteroatoms. The number of nitrogens with one attached hydrogen (secondary N) is 1. The van der Waals surface area contributed by atoms with Gasteiger partial charge in [0.05, 0.1) is 5.75 Å².